The molecular formula is C26H29ClN2O4. The number of methoxy groups -OCH3 is 1. The first-order valence-corrected chi connectivity index (χ1v) is 11.7. The zero-order valence-electron chi connectivity index (χ0n) is 19.3. The van der Waals surface area contributed by atoms with E-state index in [0.29, 0.717) is 11.4 Å². The number of carbonyl (C=O) groups excluding carboxylic acids is 3. The number of nitrogens with zero attached hydrogens (tertiary/aromatic N) is 1. The van der Waals surface area contributed by atoms with Crippen molar-refractivity contribution >= 4 is 29.4 Å². The van der Waals surface area contributed by atoms with Crippen LogP contribution in [0.2, 0.25) is 5.02 Å². The van der Waals surface area contributed by atoms with E-state index in [2.05, 4.69) is 5.32 Å². The predicted molar refractivity (Wildman–Crippen MR) is 126 cm³/mol. The van der Waals surface area contributed by atoms with Gasteiger partial charge in [-0.05, 0) is 48.1 Å². The minimum Gasteiger partial charge on any atom is -0.468 e. The summed E-state index contributed by atoms with van der Waals surface area (Å²) < 4.78 is 5.18. The van der Waals surface area contributed by atoms with E-state index in [1.165, 1.54) is 12.0 Å². The summed E-state index contributed by atoms with van der Waals surface area (Å²) in [4.78, 5) is 41.1. The Morgan fingerprint density at radius 1 is 1.12 bits per heavy atom. The highest BCUT2D eigenvalue weighted by Crippen LogP contribution is 2.51. The third-order valence-electron chi connectivity index (χ3n) is 6.77. The Kier molecular flexibility index (Phi) is 6.34. The molecule has 7 heteroatoms. The largest absolute Gasteiger partial charge is 0.468 e. The van der Waals surface area contributed by atoms with Crippen molar-refractivity contribution in [3.05, 3.63) is 59.1 Å². The number of carbonyl (C=O) groups is 3. The Morgan fingerprint density at radius 2 is 1.82 bits per heavy atom. The maximum atomic E-state index is 13.3. The van der Waals surface area contributed by atoms with Crippen molar-refractivity contribution < 1.29 is 19.1 Å². The number of nitrogens with one attached hydrogen (secondary N) is 1. The number of benzene rings is 2. The smallest absolute Gasteiger partial charge is 0.326 e. The highest BCUT2D eigenvalue weighted by atomic mass is 35.5. The topological polar surface area (TPSA) is 75.7 Å². The molecule has 0 aromatic heterocycles. The Hall–Kier alpha value is -2.70. The van der Waals surface area contributed by atoms with Gasteiger partial charge in [0.2, 0.25) is 11.8 Å². The molecule has 2 saturated heterocycles. The molecule has 2 aliphatic heterocycles. The van der Waals surface area contributed by atoms with Crippen LogP contribution in [0.3, 0.4) is 0 Å². The molecule has 2 fully saturated rings. The average molecular weight is 469 g/mol. The van der Waals surface area contributed by atoms with Gasteiger partial charge in [-0.2, -0.15) is 0 Å². The SMILES string of the molecule is CCN1C(=O)[C@H]2[C@@H](c3ccc(-c4cccc(Cl)c4)cc3)N[C@@](CC(C)C)(C(=O)OC)[C@H]2C1=O. The van der Waals surface area contributed by atoms with Crippen molar-refractivity contribution in [1.29, 1.82) is 0 Å². The number of rotatable bonds is 6. The van der Waals surface area contributed by atoms with Gasteiger partial charge in [0.1, 0.15) is 5.54 Å². The van der Waals surface area contributed by atoms with E-state index in [1.807, 2.05) is 62.4 Å². The number of amides is 2. The molecule has 4 atom stereocenters. The Labute approximate surface area is 199 Å². The Morgan fingerprint density at radius 3 is 2.39 bits per heavy atom. The van der Waals surface area contributed by atoms with Gasteiger partial charge in [-0.25, -0.2) is 0 Å². The molecule has 0 bridgehead atoms. The molecule has 33 heavy (non-hydrogen) atoms. The van der Waals surface area contributed by atoms with Crippen LogP contribution in [0.15, 0.2) is 48.5 Å². The van der Waals surface area contributed by atoms with Crippen molar-refractivity contribution in [2.45, 2.75) is 38.8 Å². The van der Waals surface area contributed by atoms with Crippen LogP contribution in [0.1, 0.15) is 38.8 Å². The highest BCUT2D eigenvalue weighted by molar-refractivity contribution is 6.30. The summed E-state index contributed by atoms with van der Waals surface area (Å²) in [5, 5.41) is 4.07. The standard InChI is InChI=1S/C26H29ClN2O4/c1-5-29-23(30)20-21(24(29)31)26(14-15(2)3,25(32)33-4)28-22(20)17-11-9-16(10-12-17)18-7-6-8-19(27)13-18/h6-13,15,20-22,28H,5,14H2,1-4H3/t20-,21-,22-,26-/m1/s1. The first kappa shape index (κ1) is 23.5. The van der Waals surface area contributed by atoms with Crippen LogP contribution in [-0.4, -0.2) is 41.9 Å². The minimum absolute atomic E-state index is 0.111. The first-order valence-electron chi connectivity index (χ1n) is 11.3. The fourth-order valence-corrected chi connectivity index (χ4v) is 5.69. The van der Waals surface area contributed by atoms with Gasteiger partial charge >= 0.3 is 5.97 Å². The maximum absolute atomic E-state index is 13.3. The molecule has 2 aromatic carbocycles. The monoisotopic (exact) mass is 468 g/mol. The van der Waals surface area contributed by atoms with Crippen LogP contribution in [0.25, 0.3) is 11.1 Å². The summed E-state index contributed by atoms with van der Waals surface area (Å²) >= 11 is 6.14. The van der Waals surface area contributed by atoms with Crippen LogP contribution < -0.4 is 5.32 Å². The van der Waals surface area contributed by atoms with Crippen molar-refractivity contribution in [3.8, 4) is 11.1 Å². The van der Waals surface area contributed by atoms with Gasteiger partial charge in [0, 0.05) is 17.6 Å². The lowest BCUT2D eigenvalue weighted by molar-refractivity contribution is -0.155. The van der Waals surface area contributed by atoms with Crippen molar-refractivity contribution in [2.75, 3.05) is 13.7 Å². The van der Waals surface area contributed by atoms with Crippen molar-refractivity contribution in [2.24, 2.45) is 17.8 Å². The number of esters is 1. The average Bonchev–Trinajstić information content (AvgIpc) is 3.26. The van der Waals surface area contributed by atoms with E-state index in [0.717, 1.165) is 16.7 Å². The fraction of sp³-hybridized carbons (Fsp3) is 0.423. The fourth-order valence-electron chi connectivity index (χ4n) is 5.50. The first-order chi connectivity index (χ1) is 15.7. The van der Waals surface area contributed by atoms with Gasteiger partial charge in [0.15, 0.2) is 0 Å². The second-order valence-corrected chi connectivity index (χ2v) is 9.68. The molecule has 2 aromatic rings. The molecule has 2 heterocycles. The van der Waals surface area contributed by atoms with Crippen LogP contribution >= 0.6 is 11.6 Å². The molecule has 0 saturated carbocycles. The molecular weight excluding hydrogens is 440 g/mol. The molecule has 0 aliphatic carbocycles. The maximum Gasteiger partial charge on any atom is 0.326 e. The number of ether oxygens (including phenoxy) is 1. The molecule has 0 spiro atoms. The second-order valence-electron chi connectivity index (χ2n) is 9.24. The minimum atomic E-state index is -1.25. The Bertz CT molecular complexity index is 1080. The summed E-state index contributed by atoms with van der Waals surface area (Å²) in [6.45, 7) is 6.05. The molecule has 6 nitrogen and oxygen atoms in total. The number of halogens is 1. The summed E-state index contributed by atoms with van der Waals surface area (Å²) in [7, 11) is 1.33. The second kappa shape index (κ2) is 8.92. The van der Waals surface area contributed by atoms with Gasteiger partial charge in [0.05, 0.1) is 18.9 Å². The quantitative estimate of drug-likeness (QED) is 0.507. The van der Waals surface area contributed by atoms with Gasteiger partial charge < -0.3 is 4.74 Å². The molecule has 0 radical (unpaired) electrons. The zero-order valence-corrected chi connectivity index (χ0v) is 20.1. The number of hydrogen-bond donors (Lipinski definition) is 1. The van der Waals surface area contributed by atoms with E-state index in [4.69, 9.17) is 16.3 Å². The number of hydrogen-bond acceptors (Lipinski definition) is 5. The summed E-state index contributed by atoms with van der Waals surface area (Å²) in [6, 6.07) is 14.9. The van der Waals surface area contributed by atoms with E-state index >= 15 is 0 Å². The summed E-state index contributed by atoms with van der Waals surface area (Å²) in [5.74, 6) is -2.38. The van der Waals surface area contributed by atoms with Crippen LogP contribution in [0.5, 0.6) is 0 Å². The van der Waals surface area contributed by atoms with E-state index < -0.39 is 29.4 Å². The van der Waals surface area contributed by atoms with Crippen LogP contribution in [0.4, 0.5) is 0 Å². The molecule has 2 amide bonds. The third kappa shape index (κ3) is 3.85. The van der Waals surface area contributed by atoms with Gasteiger partial charge in [-0.3, -0.25) is 24.6 Å². The van der Waals surface area contributed by atoms with E-state index in [1.54, 1.807) is 6.92 Å². The summed E-state index contributed by atoms with van der Waals surface area (Å²) in [6.07, 6.45) is 0.397. The van der Waals surface area contributed by atoms with Gasteiger partial charge in [0.25, 0.3) is 0 Å². The molecule has 1 N–H and O–H groups in total. The lowest BCUT2D eigenvalue weighted by Gasteiger charge is -2.33. The normalized spacial score (nSPS) is 26.7. The molecule has 174 valence electrons. The summed E-state index contributed by atoms with van der Waals surface area (Å²) in [5.41, 5.74) is 1.57. The number of likely N-dealkylation sites (tertiary alicyclic amines) is 1. The van der Waals surface area contributed by atoms with Crippen molar-refractivity contribution in [1.82, 2.24) is 10.2 Å². The third-order valence-corrected chi connectivity index (χ3v) is 7.00. The lowest BCUT2D eigenvalue weighted by Crippen LogP contribution is -2.57. The van der Waals surface area contributed by atoms with Crippen LogP contribution in [0, 0.1) is 17.8 Å². The highest BCUT2D eigenvalue weighted by Gasteiger charge is 2.68. The molecule has 4 rings (SSSR count). The van der Waals surface area contributed by atoms with E-state index in [-0.39, 0.29) is 24.3 Å². The molecule has 2 aliphatic rings. The van der Waals surface area contributed by atoms with Gasteiger partial charge in [-0.15, -0.1) is 0 Å². The van der Waals surface area contributed by atoms with E-state index in [9.17, 15) is 14.4 Å². The predicted octanol–water partition coefficient (Wildman–Crippen LogP) is 4.23. The van der Waals surface area contributed by atoms with Crippen molar-refractivity contribution in [3.63, 3.8) is 0 Å². The van der Waals surface area contributed by atoms with Crippen LogP contribution in [-0.2, 0) is 19.1 Å². The number of imide groups is 1. The molecule has 0 unspecified atom stereocenters. The van der Waals surface area contributed by atoms with Gasteiger partial charge in [-0.1, -0.05) is 61.8 Å². The lowest BCUT2D eigenvalue weighted by atomic mass is 9.75. The number of fused-ring (bicyclic) bond motifs is 1. The zero-order chi connectivity index (χ0) is 23.9. The Balaban J connectivity index is 1.77.